The van der Waals surface area contributed by atoms with Gasteiger partial charge in [-0.25, -0.2) is 8.42 Å². The molecule has 0 spiro atoms. The number of aryl methyl sites for hydroxylation is 1. The van der Waals surface area contributed by atoms with E-state index in [4.69, 9.17) is 0 Å². The number of nitrogens with zero attached hydrogens (tertiary/aromatic N) is 1. The fourth-order valence-electron chi connectivity index (χ4n) is 2.79. The highest BCUT2D eigenvalue weighted by Gasteiger charge is 2.32. The number of anilines is 2. The molecule has 1 amide bonds. The Bertz CT molecular complexity index is 960. The standard InChI is InChI=1S/C19H21F3N2O4S/c1-4-17(24(29(3,26)27)15-7-5-6-13(2)12-15)18(25)23-14-8-10-16(11-9-14)28-19(20,21)22/h5-12,17H,4H2,1-3H3,(H,23,25)/t17-/m1/s1. The number of nitrogens with one attached hydrogen (secondary N) is 1. The van der Waals surface area contributed by atoms with Crippen LogP contribution in [0, 0.1) is 6.92 Å². The second-order valence-corrected chi connectivity index (χ2v) is 8.24. The van der Waals surface area contributed by atoms with Gasteiger partial charge in [0.05, 0.1) is 11.9 Å². The van der Waals surface area contributed by atoms with Gasteiger partial charge in [-0.1, -0.05) is 19.1 Å². The predicted octanol–water partition coefficient (Wildman–Crippen LogP) is 4.08. The Balaban J connectivity index is 2.26. The van der Waals surface area contributed by atoms with Crippen molar-refractivity contribution in [1.82, 2.24) is 0 Å². The van der Waals surface area contributed by atoms with Gasteiger partial charge in [-0.3, -0.25) is 9.10 Å². The molecule has 29 heavy (non-hydrogen) atoms. The van der Waals surface area contributed by atoms with Gasteiger partial charge in [0, 0.05) is 5.69 Å². The Kier molecular flexibility index (Phi) is 6.78. The third-order valence-corrected chi connectivity index (χ3v) is 5.12. The van der Waals surface area contributed by atoms with Crippen LogP contribution in [0.2, 0.25) is 0 Å². The number of carbonyl (C=O) groups excluding carboxylic acids is 1. The lowest BCUT2D eigenvalue weighted by molar-refractivity contribution is -0.274. The van der Waals surface area contributed by atoms with Crippen molar-refractivity contribution in [1.29, 1.82) is 0 Å². The van der Waals surface area contributed by atoms with E-state index >= 15 is 0 Å². The smallest absolute Gasteiger partial charge is 0.406 e. The molecule has 10 heteroatoms. The molecule has 0 bridgehead atoms. The minimum atomic E-state index is -4.82. The fourth-order valence-corrected chi connectivity index (χ4v) is 3.99. The molecule has 0 aromatic heterocycles. The zero-order valence-electron chi connectivity index (χ0n) is 16.0. The highest BCUT2D eigenvalue weighted by atomic mass is 32.2. The molecule has 2 aromatic rings. The number of benzene rings is 2. The van der Waals surface area contributed by atoms with Gasteiger partial charge in [0.2, 0.25) is 15.9 Å². The molecule has 158 valence electrons. The summed E-state index contributed by atoms with van der Waals surface area (Å²) in [6.45, 7) is 3.47. The number of amides is 1. The van der Waals surface area contributed by atoms with E-state index < -0.39 is 34.1 Å². The Morgan fingerprint density at radius 1 is 1.17 bits per heavy atom. The van der Waals surface area contributed by atoms with Crippen LogP contribution in [0.4, 0.5) is 24.5 Å². The third kappa shape index (κ3) is 6.38. The Labute approximate surface area is 167 Å². The van der Waals surface area contributed by atoms with Gasteiger partial charge in [0.1, 0.15) is 11.8 Å². The Morgan fingerprint density at radius 2 is 1.79 bits per heavy atom. The number of ether oxygens (including phenoxy) is 1. The van der Waals surface area contributed by atoms with E-state index in [-0.39, 0.29) is 12.1 Å². The van der Waals surface area contributed by atoms with Crippen molar-refractivity contribution in [3.63, 3.8) is 0 Å². The summed E-state index contributed by atoms with van der Waals surface area (Å²) in [5.41, 5.74) is 1.38. The quantitative estimate of drug-likeness (QED) is 0.718. The molecule has 2 rings (SSSR count). The van der Waals surface area contributed by atoms with Crippen molar-refractivity contribution in [3.05, 3.63) is 54.1 Å². The molecule has 0 aliphatic carbocycles. The molecule has 0 saturated heterocycles. The van der Waals surface area contributed by atoms with Crippen LogP contribution in [0.1, 0.15) is 18.9 Å². The first-order chi connectivity index (χ1) is 13.4. The van der Waals surface area contributed by atoms with Crippen LogP contribution in [-0.2, 0) is 14.8 Å². The van der Waals surface area contributed by atoms with Crippen LogP contribution in [-0.4, -0.2) is 33.0 Å². The molecule has 0 unspecified atom stereocenters. The van der Waals surface area contributed by atoms with Gasteiger partial charge in [-0.05, 0) is 55.3 Å². The zero-order chi connectivity index (χ0) is 21.8. The number of rotatable bonds is 7. The maximum Gasteiger partial charge on any atom is 0.573 e. The second-order valence-electron chi connectivity index (χ2n) is 6.38. The summed E-state index contributed by atoms with van der Waals surface area (Å²) in [6.07, 6.45) is -3.63. The van der Waals surface area contributed by atoms with Crippen molar-refractivity contribution in [2.45, 2.75) is 32.7 Å². The van der Waals surface area contributed by atoms with Crippen LogP contribution < -0.4 is 14.4 Å². The molecule has 0 fully saturated rings. The lowest BCUT2D eigenvalue weighted by Crippen LogP contribution is -2.47. The molecular weight excluding hydrogens is 409 g/mol. The van der Waals surface area contributed by atoms with Crippen molar-refractivity contribution < 1.29 is 31.1 Å². The lowest BCUT2D eigenvalue weighted by atomic mass is 10.1. The average Bonchev–Trinajstić information content (AvgIpc) is 2.58. The molecule has 0 radical (unpaired) electrons. The van der Waals surface area contributed by atoms with Crippen LogP contribution in [0.25, 0.3) is 0 Å². The second kappa shape index (κ2) is 8.73. The van der Waals surface area contributed by atoms with Crippen molar-refractivity contribution in [2.75, 3.05) is 15.9 Å². The first-order valence-corrected chi connectivity index (χ1v) is 10.5. The maximum atomic E-state index is 12.8. The summed E-state index contributed by atoms with van der Waals surface area (Å²) in [6, 6.07) is 10.3. The van der Waals surface area contributed by atoms with Gasteiger partial charge in [-0.2, -0.15) is 0 Å². The molecule has 0 aliphatic rings. The molecule has 0 heterocycles. The summed E-state index contributed by atoms with van der Waals surface area (Å²) in [5.74, 6) is -1.04. The molecule has 1 N–H and O–H groups in total. The highest BCUT2D eigenvalue weighted by molar-refractivity contribution is 7.92. The molecule has 0 saturated carbocycles. The van der Waals surface area contributed by atoms with Gasteiger partial charge >= 0.3 is 6.36 Å². The van der Waals surface area contributed by atoms with Gasteiger partial charge in [0.15, 0.2) is 0 Å². The van der Waals surface area contributed by atoms with Gasteiger partial charge in [-0.15, -0.1) is 13.2 Å². The lowest BCUT2D eigenvalue weighted by Gasteiger charge is -2.30. The summed E-state index contributed by atoms with van der Waals surface area (Å²) in [4.78, 5) is 12.8. The van der Waals surface area contributed by atoms with E-state index in [9.17, 15) is 26.4 Å². The molecule has 0 aliphatic heterocycles. The normalized spacial score (nSPS) is 12.9. The monoisotopic (exact) mass is 430 g/mol. The zero-order valence-corrected chi connectivity index (χ0v) is 16.8. The van der Waals surface area contributed by atoms with Crippen molar-refractivity contribution >= 4 is 27.3 Å². The van der Waals surface area contributed by atoms with Crippen LogP contribution in [0.15, 0.2) is 48.5 Å². The first-order valence-electron chi connectivity index (χ1n) is 8.63. The third-order valence-electron chi connectivity index (χ3n) is 3.94. The summed E-state index contributed by atoms with van der Waals surface area (Å²) < 4.78 is 66.3. The van der Waals surface area contributed by atoms with E-state index in [0.717, 1.165) is 28.3 Å². The van der Waals surface area contributed by atoms with E-state index in [2.05, 4.69) is 10.1 Å². The van der Waals surface area contributed by atoms with Gasteiger partial charge < -0.3 is 10.1 Å². The number of hydrogen-bond donors (Lipinski definition) is 1. The first kappa shape index (κ1) is 22.5. The van der Waals surface area contributed by atoms with Crippen molar-refractivity contribution in [2.24, 2.45) is 0 Å². The molecule has 2 aromatic carbocycles. The van der Waals surface area contributed by atoms with Crippen LogP contribution in [0.3, 0.4) is 0 Å². The number of carbonyl (C=O) groups is 1. The van der Waals surface area contributed by atoms with E-state index in [0.29, 0.717) is 5.69 Å². The number of sulfonamides is 1. The fraction of sp³-hybridized carbons (Fsp3) is 0.316. The number of alkyl halides is 3. The average molecular weight is 430 g/mol. The maximum absolute atomic E-state index is 12.8. The van der Waals surface area contributed by atoms with E-state index in [1.165, 1.54) is 12.1 Å². The minimum absolute atomic E-state index is 0.183. The van der Waals surface area contributed by atoms with E-state index in [1.54, 1.807) is 38.1 Å². The highest BCUT2D eigenvalue weighted by Crippen LogP contribution is 2.26. The molecule has 1 atom stereocenters. The minimum Gasteiger partial charge on any atom is -0.406 e. The van der Waals surface area contributed by atoms with E-state index in [1.807, 2.05) is 0 Å². The Morgan fingerprint density at radius 3 is 2.28 bits per heavy atom. The van der Waals surface area contributed by atoms with Gasteiger partial charge in [0.25, 0.3) is 0 Å². The molecule has 6 nitrogen and oxygen atoms in total. The molecular formula is C19H21F3N2O4S. The largest absolute Gasteiger partial charge is 0.573 e. The van der Waals surface area contributed by atoms with Crippen LogP contribution in [0.5, 0.6) is 5.75 Å². The number of halogens is 3. The Hall–Kier alpha value is -2.75. The summed E-state index contributed by atoms with van der Waals surface area (Å²) >= 11 is 0. The SMILES string of the molecule is CC[C@H](C(=O)Nc1ccc(OC(F)(F)F)cc1)N(c1cccc(C)c1)S(C)(=O)=O. The predicted molar refractivity (Wildman–Crippen MR) is 104 cm³/mol. The topological polar surface area (TPSA) is 75.7 Å². The van der Waals surface area contributed by atoms with Crippen LogP contribution >= 0.6 is 0 Å². The summed E-state index contributed by atoms with van der Waals surface area (Å²) in [7, 11) is -3.78. The summed E-state index contributed by atoms with van der Waals surface area (Å²) in [5, 5.41) is 2.54. The number of hydrogen-bond acceptors (Lipinski definition) is 4. The van der Waals surface area contributed by atoms with Crippen molar-refractivity contribution in [3.8, 4) is 5.75 Å².